The van der Waals surface area contributed by atoms with Crippen LogP contribution in [0.2, 0.25) is 0 Å². The Kier molecular flexibility index (Phi) is 4.89. The van der Waals surface area contributed by atoms with Gasteiger partial charge in [-0.3, -0.25) is 0 Å². The summed E-state index contributed by atoms with van der Waals surface area (Å²) in [6.45, 7) is 5.00. The molecule has 0 spiro atoms. The van der Waals surface area contributed by atoms with Crippen molar-refractivity contribution in [3.05, 3.63) is 42.0 Å². The predicted octanol–water partition coefficient (Wildman–Crippen LogP) is 2.32. The minimum atomic E-state index is 0.0880. The van der Waals surface area contributed by atoms with Crippen molar-refractivity contribution in [2.45, 2.75) is 6.54 Å². The fourth-order valence-electron chi connectivity index (χ4n) is 1.12. The highest BCUT2D eigenvalue weighted by Gasteiger charge is 1.92. The molecule has 0 bridgehead atoms. The molecule has 1 aromatic carbocycles. The Morgan fingerprint density at radius 1 is 1.36 bits per heavy atom. The zero-order valence-electron chi connectivity index (χ0n) is 8.00. The zero-order valence-corrected chi connectivity index (χ0v) is 8.00. The summed E-state index contributed by atoms with van der Waals surface area (Å²) in [5, 5.41) is 3.05. The van der Waals surface area contributed by atoms with Crippen LogP contribution in [0, 0.1) is 0 Å². The molecule has 0 amide bonds. The van der Waals surface area contributed by atoms with Crippen LogP contribution in [0.3, 0.4) is 0 Å². The lowest BCUT2D eigenvalue weighted by Gasteiger charge is -2.03. The number of halogens is 1. The van der Waals surface area contributed by atoms with Crippen molar-refractivity contribution in [1.29, 1.82) is 0 Å². The van der Waals surface area contributed by atoms with Gasteiger partial charge in [0.15, 0.2) is 0 Å². The van der Waals surface area contributed by atoms with Crippen molar-refractivity contribution >= 4 is 6.08 Å². The normalized spacial score (nSPS) is 10.1. The molecular weight excluding hydrogens is 181 g/mol. The van der Waals surface area contributed by atoms with Gasteiger partial charge in [0.1, 0.15) is 6.61 Å². The summed E-state index contributed by atoms with van der Waals surface area (Å²) in [7, 11) is 0. The molecule has 0 fully saturated rings. The fraction of sp³-hybridized carbons (Fsp3) is 0.273. The Morgan fingerprint density at radius 2 is 2.07 bits per heavy atom. The molecule has 1 aromatic rings. The first-order chi connectivity index (χ1) is 6.86. The zero-order chi connectivity index (χ0) is 10.2. The predicted molar refractivity (Wildman–Crippen MR) is 55.3 cm³/mol. The molecule has 0 unspecified atom stereocenters. The van der Waals surface area contributed by atoms with Gasteiger partial charge in [-0.05, 0) is 15.7 Å². The third-order valence-corrected chi connectivity index (χ3v) is 1.90. The smallest absolute Gasteiger partial charge is 0.100 e. The minimum Gasteiger partial charge on any atom is -0.310 e. The molecule has 0 aliphatic carbocycles. The van der Waals surface area contributed by atoms with Crippen LogP contribution in [0.25, 0.3) is 6.08 Å². The summed E-state index contributed by atoms with van der Waals surface area (Å²) in [4.78, 5) is 3.44. The quantitative estimate of drug-likeness (QED) is 0.703. The van der Waals surface area contributed by atoms with Crippen LogP contribution < -0.4 is 5.32 Å². The van der Waals surface area contributed by atoms with Gasteiger partial charge in [-0.15, -0.1) is 0 Å². The SMILES string of the molecule is C=Cc1ccc(CNCCOF)cc1. The van der Waals surface area contributed by atoms with Crippen molar-refractivity contribution in [1.82, 2.24) is 5.32 Å². The number of rotatable bonds is 6. The molecule has 0 heterocycles. The van der Waals surface area contributed by atoms with E-state index in [1.54, 1.807) is 6.08 Å². The third-order valence-electron chi connectivity index (χ3n) is 1.90. The molecular formula is C11H14FNO. The lowest BCUT2D eigenvalue weighted by atomic mass is 10.1. The summed E-state index contributed by atoms with van der Waals surface area (Å²) in [5.74, 6) is 0. The molecule has 14 heavy (non-hydrogen) atoms. The van der Waals surface area contributed by atoms with E-state index in [4.69, 9.17) is 0 Å². The molecule has 1 rings (SSSR count). The number of nitrogens with one attached hydrogen (secondary N) is 1. The van der Waals surface area contributed by atoms with Crippen LogP contribution in [0.5, 0.6) is 0 Å². The van der Waals surface area contributed by atoms with Crippen molar-refractivity contribution < 1.29 is 9.47 Å². The average molecular weight is 195 g/mol. The van der Waals surface area contributed by atoms with E-state index in [0.717, 1.165) is 17.7 Å². The standard InChI is InChI=1S/C11H14FNO/c1-2-10-3-5-11(6-4-10)9-13-7-8-14-12/h2-6,13H,1,7-9H2. The second-order valence-corrected chi connectivity index (χ2v) is 2.94. The van der Waals surface area contributed by atoms with E-state index < -0.39 is 0 Å². The first-order valence-corrected chi connectivity index (χ1v) is 4.52. The van der Waals surface area contributed by atoms with Gasteiger partial charge in [0.05, 0.1) is 0 Å². The monoisotopic (exact) mass is 195 g/mol. The van der Waals surface area contributed by atoms with E-state index in [9.17, 15) is 4.53 Å². The van der Waals surface area contributed by atoms with Gasteiger partial charge in [-0.25, -0.2) is 0 Å². The maximum Gasteiger partial charge on any atom is 0.100 e. The van der Waals surface area contributed by atoms with Crippen molar-refractivity contribution in [2.24, 2.45) is 0 Å². The number of hydrogen-bond donors (Lipinski definition) is 1. The first kappa shape index (κ1) is 10.9. The van der Waals surface area contributed by atoms with E-state index in [0.29, 0.717) is 6.54 Å². The minimum absolute atomic E-state index is 0.0880. The van der Waals surface area contributed by atoms with Crippen LogP contribution in [0.4, 0.5) is 4.53 Å². The lowest BCUT2D eigenvalue weighted by Crippen LogP contribution is -2.17. The molecule has 0 aliphatic heterocycles. The van der Waals surface area contributed by atoms with Crippen LogP contribution >= 0.6 is 0 Å². The lowest BCUT2D eigenvalue weighted by molar-refractivity contribution is -0.129. The molecule has 0 radical (unpaired) electrons. The fourth-order valence-corrected chi connectivity index (χ4v) is 1.12. The maximum atomic E-state index is 11.3. The molecule has 0 atom stereocenters. The largest absolute Gasteiger partial charge is 0.310 e. The van der Waals surface area contributed by atoms with Crippen molar-refractivity contribution in [3.8, 4) is 0 Å². The summed E-state index contributed by atoms with van der Waals surface area (Å²) < 4.78 is 11.3. The van der Waals surface area contributed by atoms with E-state index >= 15 is 0 Å². The summed E-state index contributed by atoms with van der Waals surface area (Å²) >= 11 is 0. The Bertz CT molecular complexity index is 271. The topological polar surface area (TPSA) is 21.3 Å². The Labute approximate surface area is 83.3 Å². The second-order valence-electron chi connectivity index (χ2n) is 2.94. The van der Waals surface area contributed by atoms with Gasteiger partial charge < -0.3 is 5.32 Å². The molecule has 2 nitrogen and oxygen atoms in total. The van der Waals surface area contributed by atoms with Crippen molar-refractivity contribution in [2.75, 3.05) is 13.2 Å². The van der Waals surface area contributed by atoms with Crippen LogP contribution in [0.1, 0.15) is 11.1 Å². The van der Waals surface area contributed by atoms with Crippen molar-refractivity contribution in [3.63, 3.8) is 0 Å². The summed E-state index contributed by atoms with van der Waals surface area (Å²) in [6.07, 6.45) is 1.80. The van der Waals surface area contributed by atoms with Gasteiger partial charge in [0, 0.05) is 13.1 Å². The van der Waals surface area contributed by atoms with Gasteiger partial charge in [-0.1, -0.05) is 36.9 Å². The summed E-state index contributed by atoms with van der Waals surface area (Å²) in [5.41, 5.74) is 2.26. The Balaban J connectivity index is 2.32. The molecule has 76 valence electrons. The molecule has 0 saturated carbocycles. The molecule has 0 saturated heterocycles. The van der Waals surface area contributed by atoms with E-state index in [1.165, 1.54) is 0 Å². The van der Waals surface area contributed by atoms with E-state index in [2.05, 4.69) is 16.8 Å². The van der Waals surface area contributed by atoms with Crippen LogP contribution in [-0.2, 0) is 11.5 Å². The van der Waals surface area contributed by atoms with Gasteiger partial charge in [0.25, 0.3) is 0 Å². The Hall–Kier alpha value is -1.19. The maximum absolute atomic E-state index is 11.3. The van der Waals surface area contributed by atoms with E-state index in [1.807, 2.05) is 24.3 Å². The summed E-state index contributed by atoms with van der Waals surface area (Å²) in [6, 6.07) is 8.02. The van der Waals surface area contributed by atoms with Crippen LogP contribution in [0.15, 0.2) is 30.8 Å². The third kappa shape index (κ3) is 3.68. The molecule has 0 aliphatic rings. The van der Waals surface area contributed by atoms with Gasteiger partial charge in [0.2, 0.25) is 0 Å². The average Bonchev–Trinajstić information content (AvgIpc) is 2.25. The Morgan fingerprint density at radius 3 is 2.64 bits per heavy atom. The van der Waals surface area contributed by atoms with E-state index in [-0.39, 0.29) is 6.61 Å². The first-order valence-electron chi connectivity index (χ1n) is 4.52. The number of hydrogen-bond acceptors (Lipinski definition) is 2. The highest BCUT2D eigenvalue weighted by molar-refractivity contribution is 5.47. The molecule has 3 heteroatoms. The van der Waals surface area contributed by atoms with Crippen LogP contribution in [-0.4, -0.2) is 13.2 Å². The molecule has 0 aromatic heterocycles. The highest BCUT2D eigenvalue weighted by atomic mass is 19.3. The number of benzene rings is 1. The highest BCUT2D eigenvalue weighted by Crippen LogP contribution is 2.04. The second kappa shape index (κ2) is 6.29. The van der Waals surface area contributed by atoms with Gasteiger partial charge in [-0.2, -0.15) is 4.94 Å². The molecule has 1 N–H and O–H groups in total. The van der Waals surface area contributed by atoms with Gasteiger partial charge >= 0.3 is 0 Å².